The Balaban J connectivity index is 1.67. The van der Waals surface area contributed by atoms with E-state index in [2.05, 4.69) is 6.08 Å². The zero-order chi connectivity index (χ0) is 20.4. The number of hydrogen-bond donors (Lipinski definition) is 0. The SMILES string of the molecule is COCO[C@H]1[C@H](OCOC)CC=C2[C@@H](c3ccc4c(c3)OCO4)CN(C(=O)Cl)[C@@H]21. The average molecular weight is 426 g/mol. The third-order valence-corrected chi connectivity index (χ3v) is 5.74. The Morgan fingerprint density at radius 1 is 1.17 bits per heavy atom. The highest BCUT2D eigenvalue weighted by atomic mass is 35.5. The maximum absolute atomic E-state index is 12.3. The molecule has 0 bridgehead atoms. The molecule has 0 radical (unpaired) electrons. The second kappa shape index (κ2) is 8.89. The largest absolute Gasteiger partial charge is 0.454 e. The van der Waals surface area contributed by atoms with E-state index in [1.807, 2.05) is 18.2 Å². The molecule has 3 aliphatic rings. The molecule has 0 aromatic heterocycles. The van der Waals surface area contributed by atoms with Gasteiger partial charge in [0, 0.05) is 26.7 Å². The molecule has 29 heavy (non-hydrogen) atoms. The first kappa shape index (κ1) is 20.4. The summed E-state index contributed by atoms with van der Waals surface area (Å²) in [5, 5.41) is -0.525. The van der Waals surface area contributed by atoms with Crippen LogP contribution in [0.1, 0.15) is 17.9 Å². The summed E-state index contributed by atoms with van der Waals surface area (Å²) in [7, 11) is 3.12. The van der Waals surface area contributed by atoms with Crippen LogP contribution in [0.4, 0.5) is 4.79 Å². The predicted octanol–water partition coefficient (Wildman–Crippen LogP) is 2.85. The van der Waals surface area contributed by atoms with E-state index in [1.165, 1.54) is 0 Å². The Labute approximate surface area is 174 Å². The third-order valence-electron chi connectivity index (χ3n) is 5.53. The van der Waals surface area contributed by atoms with E-state index in [9.17, 15) is 4.79 Å². The number of nitrogens with zero attached hydrogens (tertiary/aromatic N) is 1. The number of amides is 1. The molecule has 2 aliphatic heterocycles. The average Bonchev–Trinajstić information content (AvgIpc) is 3.34. The van der Waals surface area contributed by atoms with Crippen molar-refractivity contribution in [1.82, 2.24) is 4.90 Å². The number of likely N-dealkylation sites (tertiary alicyclic amines) is 1. The number of carbonyl (C=O) groups is 1. The standard InChI is InChI=1S/C20H24ClNO7/c1-24-9-26-16-6-4-13-14(12-3-5-15-17(7-12)28-11-27-15)8-22(20(21)23)18(13)19(16)29-10-25-2/h3-5,7,14,16,18-19H,6,8-11H2,1-2H3/t14-,16-,18+,19+/m1/s1. The number of halogens is 1. The van der Waals surface area contributed by atoms with Gasteiger partial charge < -0.3 is 33.3 Å². The van der Waals surface area contributed by atoms with Crippen molar-refractivity contribution in [1.29, 1.82) is 0 Å². The van der Waals surface area contributed by atoms with E-state index in [0.717, 1.165) is 16.9 Å². The van der Waals surface area contributed by atoms with Crippen LogP contribution in [-0.4, -0.2) is 69.7 Å². The van der Waals surface area contributed by atoms with E-state index < -0.39 is 11.5 Å². The van der Waals surface area contributed by atoms with Gasteiger partial charge in [-0.1, -0.05) is 12.1 Å². The molecule has 9 heteroatoms. The lowest BCUT2D eigenvalue weighted by molar-refractivity contribution is -0.168. The van der Waals surface area contributed by atoms with Crippen molar-refractivity contribution in [3.8, 4) is 11.5 Å². The van der Waals surface area contributed by atoms with Gasteiger partial charge in [0.25, 0.3) is 0 Å². The van der Waals surface area contributed by atoms with Crippen LogP contribution < -0.4 is 9.47 Å². The fourth-order valence-corrected chi connectivity index (χ4v) is 4.47. The van der Waals surface area contributed by atoms with Crippen molar-refractivity contribution in [2.45, 2.75) is 30.6 Å². The second-order valence-corrected chi connectivity index (χ2v) is 7.43. The predicted molar refractivity (Wildman–Crippen MR) is 103 cm³/mol. The molecule has 4 rings (SSSR count). The molecule has 0 N–H and O–H groups in total. The molecule has 1 aliphatic carbocycles. The number of ether oxygens (including phenoxy) is 6. The van der Waals surface area contributed by atoms with Crippen molar-refractivity contribution in [2.75, 3.05) is 41.1 Å². The second-order valence-electron chi connectivity index (χ2n) is 7.10. The molecule has 0 unspecified atom stereocenters. The van der Waals surface area contributed by atoms with E-state index >= 15 is 0 Å². The van der Waals surface area contributed by atoms with E-state index in [-0.39, 0.29) is 38.4 Å². The van der Waals surface area contributed by atoms with Crippen molar-refractivity contribution in [2.24, 2.45) is 0 Å². The quantitative estimate of drug-likeness (QED) is 0.288. The lowest BCUT2D eigenvalue weighted by atomic mass is 9.82. The third kappa shape index (κ3) is 3.95. The molecule has 1 aromatic rings. The van der Waals surface area contributed by atoms with Gasteiger partial charge in [-0.25, -0.2) is 0 Å². The molecule has 1 aromatic carbocycles. The van der Waals surface area contributed by atoms with Gasteiger partial charge in [-0.2, -0.15) is 0 Å². The van der Waals surface area contributed by atoms with Crippen LogP contribution in [0.2, 0.25) is 0 Å². The zero-order valence-electron chi connectivity index (χ0n) is 16.3. The Bertz CT molecular complexity index is 786. The lowest BCUT2D eigenvalue weighted by Gasteiger charge is -2.38. The highest BCUT2D eigenvalue weighted by Crippen LogP contribution is 2.45. The summed E-state index contributed by atoms with van der Waals surface area (Å²) in [5.41, 5.74) is 2.11. The summed E-state index contributed by atoms with van der Waals surface area (Å²) in [4.78, 5) is 13.9. The van der Waals surface area contributed by atoms with Crippen molar-refractivity contribution < 1.29 is 33.2 Å². The summed E-state index contributed by atoms with van der Waals surface area (Å²) < 4.78 is 32.9. The molecule has 2 heterocycles. The van der Waals surface area contributed by atoms with Gasteiger partial charge in [0.1, 0.15) is 19.7 Å². The van der Waals surface area contributed by atoms with Crippen LogP contribution in [-0.2, 0) is 18.9 Å². The number of rotatable bonds is 7. The molecule has 8 nitrogen and oxygen atoms in total. The Morgan fingerprint density at radius 2 is 1.93 bits per heavy atom. The summed E-state index contributed by atoms with van der Waals surface area (Å²) in [6, 6.07) is 5.51. The van der Waals surface area contributed by atoms with Gasteiger partial charge in [0.2, 0.25) is 6.79 Å². The molecule has 0 spiro atoms. The van der Waals surface area contributed by atoms with Crippen molar-refractivity contribution in [3.05, 3.63) is 35.4 Å². The molecule has 1 fully saturated rings. The van der Waals surface area contributed by atoms with Crippen LogP contribution in [0, 0.1) is 0 Å². The minimum atomic E-state index is -0.525. The van der Waals surface area contributed by atoms with Crippen LogP contribution in [0.25, 0.3) is 0 Å². The van der Waals surface area contributed by atoms with Crippen molar-refractivity contribution in [3.63, 3.8) is 0 Å². The first-order chi connectivity index (χ1) is 14.1. The molecule has 4 atom stereocenters. The Kier molecular flexibility index (Phi) is 6.26. The monoisotopic (exact) mass is 425 g/mol. The van der Waals surface area contributed by atoms with Crippen LogP contribution >= 0.6 is 11.6 Å². The molecular weight excluding hydrogens is 402 g/mol. The minimum Gasteiger partial charge on any atom is -0.454 e. The van der Waals surface area contributed by atoms with E-state index in [0.29, 0.717) is 18.7 Å². The smallest absolute Gasteiger partial charge is 0.317 e. The van der Waals surface area contributed by atoms with Gasteiger partial charge in [0.05, 0.1) is 12.1 Å². The van der Waals surface area contributed by atoms with Crippen LogP contribution in [0.5, 0.6) is 11.5 Å². The lowest BCUT2D eigenvalue weighted by Crippen LogP contribution is -2.51. The maximum Gasteiger partial charge on any atom is 0.317 e. The molecular formula is C20H24ClNO7. The first-order valence-corrected chi connectivity index (χ1v) is 9.78. The number of benzene rings is 1. The summed E-state index contributed by atoms with van der Waals surface area (Å²) >= 11 is 5.96. The fraction of sp³-hybridized carbons (Fsp3) is 0.550. The molecule has 1 amide bonds. The minimum absolute atomic E-state index is 0.0192. The number of methoxy groups -OCH3 is 2. The van der Waals surface area contributed by atoms with Gasteiger partial charge in [-0.05, 0) is 41.3 Å². The number of carbonyl (C=O) groups excluding carboxylic acids is 1. The first-order valence-electron chi connectivity index (χ1n) is 9.40. The zero-order valence-corrected chi connectivity index (χ0v) is 17.1. The van der Waals surface area contributed by atoms with Gasteiger partial charge in [0.15, 0.2) is 11.5 Å². The van der Waals surface area contributed by atoms with Crippen LogP contribution in [0.3, 0.4) is 0 Å². The summed E-state index contributed by atoms with van der Waals surface area (Å²) in [6.45, 7) is 0.878. The van der Waals surface area contributed by atoms with Gasteiger partial charge in [-0.15, -0.1) is 0 Å². The molecule has 0 saturated carbocycles. The summed E-state index contributed by atoms with van der Waals surface area (Å²) in [6.07, 6.45) is 2.04. The topological polar surface area (TPSA) is 75.7 Å². The number of fused-ring (bicyclic) bond motifs is 2. The molecule has 1 saturated heterocycles. The van der Waals surface area contributed by atoms with Gasteiger partial charge in [-0.3, -0.25) is 4.79 Å². The van der Waals surface area contributed by atoms with E-state index in [1.54, 1.807) is 19.1 Å². The Hall–Kier alpha value is -1.84. The number of hydrogen-bond acceptors (Lipinski definition) is 7. The highest BCUT2D eigenvalue weighted by molar-refractivity contribution is 6.62. The maximum atomic E-state index is 12.3. The fourth-order valence-electron chi connectivity index (χ4n) is 4.29. The van der Waals surface area contributed by atoms with Crippen LogP contribution in [0.15, 0.2) is 29.8 Å². The highest BCUT2D eigenvalue weighted by Gasteiger charge is 2.49. The summed E-state index contributed by atoms with van der Waals surface area (Å²) in [5.74, 6) is 1.41. The van der Waals surface area contributed by atoms with Gasteiger partial charge >= 0.3 is 5.37 Å². The normalized spacial score (nSPS) is 27.7. The van der Waals surface area contributed by atoms with Crippen molar-refractivity contribution >= 4 is 17.0 Å². The Morgan fingerprint density at radius 3 is 2.69 bits per heavy atom. The van der Waals surface area contributed by atoms with E-state index in [4.69, 9.17) is 40.0 Å². The molecule has 158 valence electrons.